The Hall–Kier alpha value is -2.43. The van der Waals surface area contributed by atoms with Crippen molar-refractivity contribution in [3.8, 4) is 5.75 Å². The summed E-state index contributed by atoms with van der Waals surface area (Å²) in [5.74, 6) is -0.654. The molecule has 5 heteroatoms. The van der Waals surface area contributed by atoms with Crippen LogP contribution < -0.4 is 4.74 Å². The molecule has 0 saturated carbocycles. The first kappa shape index (κ1) is 18.4. The van der Waals surface area contributed by atoms with Gasteiger partial charge in [-0.05, 0) is 35.9 Å². The third kappa shape index (κ3) is 4.81. The van der Waals surface area contributed by atoms with Crippen LogP contribution in [0.4, 0.5) is 0 Å². The van der Waals surface area contributed by atoms with Crippen LogP contribution in [0.5, 0.6) is 5.75 Å². The average Bonchev–Trinajstić information content (AvgIpc) is 2.65. The standard InChI is InChI=1S/C21H17ClO3S/c22-17-11-5-6-12-18(17)25-19(21(23)24)14-15-8-4-7-13-20(15)26-16-9-2-1-3-10-16/h1-13,19H,14H2,(H,23,24)/t19-/m0/s1. The molecule has 26 heavy (non-hydrogen) atoms. The van der Waals surface area contributed by atoms with Gasteiger partial charge < -0.3 is 9.84 Å². The third-order valence-electron chi connectivity index (χ3n) is 3.73. The molecule has 0 amide bonds. The van der Waals surface area contributed by atoms with Crippen LogP contribution in [0, 0.1) is 0 Å². The molecule has 0 fully saturated rings. The van der Waals surface area contributed by atoms with Crippen molar-refractivity contribution in [3.05, 3.63) is 89.4 Å². The first-order chi connectivity index (χ1) is 12.6. The van der Waals surface area contributed by atoms with Gasteiger partial charge in [-0.25, -0.2) is 4.79 Å². The summed E-state index contributed by atoms with van der Waals surface area (Å²) in [6, 6.07) is 24.6. The van der Waals surface area contributed by atoms with E-state index in [-0.39, 0.29) is 6.42 Å². The van der Waals surface area contributed by atoms with E-state index in [1.165, 1.54) is 0 Å². The minimum absolute atomic E-state index is 0.247. The molecule has 3 rings (SSSR count). The normalized spacial score (nSPS) is 11.7. The summed E-state index contributed by atoms with van der Waals surface area (Å²) in [5, 5.41) is 9.99. The monoisotopic (exact) mass is 384 g/mol. The summed E-state index contributed by atoms with van der Waals surface area (Å²) in [5.41, 5.74) is 0.917. The van der Waals surface area contributed by atoms with Crippen LogP contribution >= 0.6 is 23.4 Å². The first-order valence-electron chi connectivity index (χ1n) is 8.08. The third-order valence-corrected chi connectivity index (χ3v) is 5.17. The van der Waals surface area contributed by atoms with Crippen molar-refractivity contribution in [3.63, 3.8) is 0 Å². The Morgan fingerprint density at radius 2 is 1.62 bits per heavy atom. The lowest BCUT2D eigenvalue weighted by Gasteiger charge is -2.18. The van der Waals surface area contributed by atoms with Gasteiger partial charge in [0, 0.05) is 16.2 Å². The lowest BCUT2D eigenvalue weighted by Crippen LogP contribution is -2.29. The van der Waals surface area contributed by atoms with Crippen LogP contribution in [0.1, 0.15) is 5.56 Å². The summed E-state index contributed by atoms with van der Waals surface area (Å²) < 4.78 is 5.68. The van der Waals surface area contributed by atoms with Crippen molar-refractivity contribution in [2.24, 2.45) is 0 Å². The number of ether oxygens (including phenoxy) is 1. The van der Waals surface area contributed by atoms with Gasteiger partial charge in [0.25, 0.3) is 0 Å². The lowest BCUT2D eigenvalue weighted by atomic mass is 10.1. The molecule has 0 spiro atoms. The predicted molar refractivity (Wildman–Crippen MR) is 104 cm³/mol. The van der Waals surface area contributed by atoms with E-state index in [1.807, 2.05) is 54.6 Å². The highest BCUT2D eigenvalue weighted by Crippen LogP contribution is 2.32. The van der Waals surface area contributed by atoms with Gasteiger partial charge in [0.05, 0.1) is 5.02 Å². The molecule has 0 unspecified atom stereocenters. The number of hydrogen-bond acceptors (Lipinski definition) is 3. The highest BCUT2D eigenvalue weighted by molar-refractivity contribution is 7.99. The fourth-order valence-corrected chi connectivity index (χ4v) is 3.62. The summed E-state index contributed by atoms with van der Waals surface area (Å²) >= 11 is 7.70. The maximum atomic E-state index is 11.7. The van der Waals surface area contributed by atoms with E-state index >= 15 is 0 Å². The fraction of sp³-hybridized carbons (Fsp3) is 0.0952. The maximum Gasteiger partial charge on any atom is 0.345 e. The topological polar surface area (TPSA) is 46.5 Å². The molecule has 1 atom stereocenters. The van der Waals surface area contributed by atoms with E-state index in [0.29, 0.717) is 10.8 Å². The van der Waals surface area contributed by atoms with Crippen molar-refractivity contribution in [2.75, 3.05) is 0 Å². The van der Waals surface area contributed by atoms with Gasteiger partial charge in [0.2, 0.25) is 0 Å². The predicted octanol–water partition coefficient (Wildman–Crippen LogP) is 5.57. The zero-order valence-electron chi connectivity index (χ0n) is 13.8. The Labute approximate surface area is 161 Å². The molecular formula is C21H17ClO3S. The molecule has 3 nitrogen and oxygen atoms in total. The second-order valence-corrected chi connectivity index (χ2v) is 7.12. The summed E-state index contributed by atoms with van der Waals surface area (Å²) in [6.07, 6.45) is -0.774. The minimum atomic E-state index is -1.02. The number of carbonyl (C=O) groups is 1. The number of benzene rings is 3. The van der Waals surface area contributed by atoms with E-state index in [2.05, 4.69) is 0 Å². The molecule has 0 bridgehead atoms. The molecule has 0 aliphatic rings. The van der Waals surface area contributed by atoms with Crippen molar-refractivity contribution in [1.29, 1.82) is 0 Å². The molecule has 0 heterocycles. The first-order valence-corrected chi connectivity index (χ1v) is 9.28. The van der Waals surface area contributed by atoms with Crippen LogP contribution in [-0.4, -0.2) is 17.2 Å². The van der Waals surface area contributed by atoms with Gasteiger partial charge in [-0.2, -0.15) is 0 Å². The van der Waals surface area contributed by atoms with E-state index < -0.39 is 12.1 Å². The highest BCUT2D eigenvalue weighted by Gasteiger charge is 2.22. The molecule has 0 aliphatic heterocycles. The van der Waals surface area contributed by atoms with Crippen molar-refractivity contribution in [1.82, 2.24) is 0 Å². The molecular weight excluding hydrogens is 368 g/mol. The molecule has 1 N–H and O–H groups in total. The lowest BCUT2D eigenvalue weighted by molar-refractivity contribution is -0.145. The van der Waals surface area contributed by atoms with Gasteiger partial charge in [0.15, 0.2) is 6.10 Å². The number of rotatable bonds is 7. The molecule has 0 radical (unpaired) electrons. The van der Waals surface area contributed by atoms with Crippen LogP contribution in [0.3, 0.4) is 0 Å². The number of hydrogen-bond donors (Lipinski definition) is 1. The Morgan fingerprint density at radius 1 is 0.962 bits per heavy atom. The van der Waals surface area contributed by atoms with Crippen LogP contribution in [0.15, 0.2) is 88.7 Å². The molecule has 3 aromatic rings. The fourth-order valence-electron chi connectivity index (χ4n) is 2.46. The van der Waals surface area contributed by atoms with Gasteiger partial charge in [-0.15, -0.1) is 0 Å². The second kappa shape index (κ2) is 8.79. The number of carboxylic acids is 1. The largest absolute Gasteiger partial charge is 0.478 e. The Bertz CT molecular complexity index is 883. The highest BCUT2D eigenvalue weighted by atomic mass is 35.5. The maximum absolute atomic E-state index is 11.7. The second-order valence-electron chi connectivity index (χ2n) is 5.60. The number of carboxylic acid groups (broad SMARTS) is 1. The minimum Gasteiger partial charge on any atom is -0.478 e. The smallest absolute Gasteiger partial charge is 0.345 e. The van der Waals surface area contributed by atoms with Crippen LogP contribution in [0.2, 0.25) is 5.02 Å². The zero-order chi connectivity index (χ0) is 18.4. The molecule has 0 aliphatic carbocycles. The Morgan fingerprint density at radius 3 is 2.35 bits per heavy atom. The molecule has 3 aromatic carbocycles. The van der Waals surface area contributed by atoms with Crippen LogP contribution in [0.25, 0.3) is 0 Å². The quantitative estimate of drug-likeness (QED) is 0.578. The van der Waals surface area contributed by atoms with E-state index in [0.717, 1.165) is 15.4 Å². The van der Waals surface area contributed by atoms with Gasteiger partial charge >= 0.3 is 5.97 Å². The Balaban J connectivity index is 1.81. The van der Waals surface area contributed by atoms with Crippen LogP contribution in [-0.2, 0) is 11.2 Å². The van der Waals surface area contributed by atoms with E-state index in [4.69, 9.17) is 16.3 Å². The molecule has 0 saturated heterocycles. The van der Waals surface area contributed by atoms with Crippen molar-refractivity contribution in [2.45, 2.75) is 22.3 Å². The van der Waals surface area contributed by atoms with Crippen molar-refractivity contribution < 1.29 is 14.6 Å². The summed E-state index contributed by atoms with van der Waals surface area (Å²) in [7, 11) is 0. The van der Waals surface area contributed by atoms with Gasteiger partial charge in [-0.1, -0.05) is 71.9 Å². The Kier molecular flexibility index (Phi) is 6.21. The number of aliphatic carboxylic acids is 1. The molecule has 0 aromatic heterocycles. The van der Waals surface area contributed by atoms with Gasteiger partial charge in [0.1, 0.15) is 5.75 Å². The zero-order valence-corrected chi connectivity index (χ0v) is 15.4. The molecule has 132 valence electrons. The number of halogens is 1. The summed E-state index contributed by atoms with van der Waals surface area (Å²) in [6.45, 7) is 0. The SMILES string of the molecule is O=C(O)[C@H](Cc1ccccc1Sc1ccccc1)Oc1ccccc1Cl. The van der Waals surface area contributed by atoms with Crippen molar-refractivity contribution >= 4 is 29.3 Å². The summed E-state index contributed by atoms with van der Waals surface area (Å²) in [4.78, 5) is 13.8. The van der Waals surface area contributed by atoms with E-state index in [9.17, 15) is 9.90 Å². The van der Waals surface area contributed by atoms with Gasteiger partial charge in [-0.3, -0.25) is 0 Å². The average molecular weight is 385 g/mol. The number of para-hydroxylation sites is 1. The van der Waals surface area contributed by atoms with E-state index in [1.54, 1.807) is 36.0 Å².